The molecule has 1 aliphatic heterocycles. The molecule has 1 heterocycles. The van der Waals surface area contributed by atoms with Gasteiger partial charge in [-0.3, -0.25) is 4.99 Å². The molecule has 0 radical (unpaired) electrons. The van der Waals surface area contributed by atoms with Crippen LogP contribution in [-0.2, 0) is 0 Å². The van der Waals surface area contributed by atoms with Crippen LogP contribution in [0, 0.1) is 0 Å². The summed E-state index contributed by atoms with van der Waals surface area (Å²) in [6.45, 7) is 1.75. The number of hydrogen-bond donors (Lipinski definition) is 1. The minimum absolute atomic E-state index is 0.754. The second kappa shape index (κ2) is 4.19. The van der Waals surface area contributed by atoms with Crippen molar-refractivity contribution in [3.05, 3.63) is 0 Å². The van der Waals surface area contributed by atoms with Crippen LogP contribution in [0.4, 0.5) is 0 Å². The lowest BCUT2D eigenvalue weighted by atomic mass is 10.8. The SMILES string of the molecule is NCCSC1=NCCS1. The van der Waals surface area contributed by atoms with Gasteiger partial charge in [0.05, 0.1) is 6.54 Å². The molecule has 0 fully saturated rings. The lowest BCUT2D eigenvalue weighted by Gasteiger charge is -1.94. The van der Waals surface area contributed by atoms with Crippen molar-refractivity contribution < 1.29 is 0 Å². The second-order valence-electron chi connectivity index (χ2n) is 1.63. The van der Waals surface area contributed by atoms with Crippen molar-refractivity contribution in [2.45, 2.75) is 0 Å². The molecule has 0 amide bonds. The van der Waals surface area contributed by atoms with Gasteiger partial charge in [0.15, 0.2) is 0 Å². The maximum Gasteiger partial charge on any atom is 0.124 e. The average molecular weight is 162 g/mol. The lowest BCUT2D eigenvalue weighted by molar-refractivity contribution is 1.15. The Kier molecular flexibility index (Phi) is 3.47. The Morgan fingerprint density at radius 1 is 1.78 bits per heavy atom. The van der Waals surface area contributed by atoms with Crippen LogP contribution >= 0.6 is 23.5 Å². The molecule has 0 aromatic heterocycles. The molecule has 2 nitrogen and oxygen atoms in total. The molecule has 0 saturated heterocycles. The van der Waals surface area contributed by atoms with E-state index >= 15 is 0 Å². The molecule has 9 heavy (non-hydrogen) atoms. The van der Waals surface area contributed by atoms with Crippen molar-refractivity contribution in [1.82, 2.24) is 0 Å². The first-order valence-corrected chi connectivity index (χ1v) is 4.90. The molecule has 0 unspecified atom stereocenters. The minimum atomic E-state index is 0.754. The molecule has 0 bridgehead atoms. The fourth-order valence-corrected chi connectivity index (χ4v) is 2.40. The van der Waals surface area contributed by atoms with E-state index < -0.39 is 0 Å². The smallest absolute Gasteiger partial charge is 0.124 e. The highest BCUT2D eigenvalue weighted by Crippen LogP contribution is 2.20. The zero-order chi connectivity index (χ0) is 6.53. The van der Waals surface area contributed by atoms with E-state index in [0.717, 1.165) is 24.6 Å². The summed E-state index contributed by atoms with van der Waals surface area (Å²) >= 11 is 3.61. The second-order valence-corrected chi connectivity index (χ2v) is 4.06. The van der Waals surface area contributed by atoms with Gasteiger partial charge in [-0.2, -0.15) is 0 Å². The van der Waals surface area contributed by atoms with Crippen LogP contribution in [0.3, 0.4) is 0 Å². The highest BCUT2D eigenvalue weighted by molar-refractivity contribution is 8.39. The molecule has 52 valence electrons. The van der Waals surface area contributed by atoms with E-state index in [1.807, 2.05) is 11.8 Å². The van der Waals surface area contributed by atoms with E-state index in [-0.39, 0.29) is 0 Å². The molecule has 0 saturated carbocycles. The summed E-state index contributed by atoms with van der Waals surface area (Å²) in [4.78, 5) is 4.26. The van der Waals surface area contributed by atoms with Gasteiger partial charge in [-0.15, -0.1) is 0 Å². The van der Waals surface area contributed by atoms with Gasteiger partial charge in [0.1, 0.15) is 4.38 Å². The fourth-order valence-electron chi connectivity index (χ4n) is 0.549. The van der Waals surface area contributed by atoms with Crippen LogP contribution in [-0.4, -0.2) is 29.0 Å². The van der Waals surface area contributed by atoms with Gasteiger partial charge in [-0.25, -0.2) is 0 Å². The van der Waals surface area contributed by atoms with Gasteiger partial charge in [0.25, 0.3) is 0 Å². The Bertz CT molecular complexity index is 114. The zero-order valence-electron chi connectivity index (χ0n) is 5.17. The largest absolute Gasteiger partial charge is 0.330 e. The number of hydrogen-bond acceptors (Lipinski definition) is 4. The lowest BCUT2D eigenvalue weighted by Crippen LogP contribution is -2.02. The Labute approximate surface area is 63.7 Å². The van der Waals surface area contributed by atoms with Gasteiger partial charge >= 0.3 is 0 Å². The molecule has 2 N–H and O–H groups in total. The maximum atomic E-state index is 5.32. The topological polar surface area (TPSA) is 38.4 Å². The monoisotopic (exact) mass is 162 g/mol. The van der Waals surface area contributed by atoms with Crippen molar-refractivity contribution in [1.29, 1.82) is 0 Å². The van der Waals surface area contributed by atoms with Gasteiger partial charge in [-0.05, 0) is 0 Å². The van der Waals surface area contributed by atoms with Crippen molar-refractivity contribution in [2.24, 2.45) is 10.7 Å². The molecular formula is C5H10N2S2. The van der Waals surface area contributed by atoms with Crippen LogP contribution in [0.2, 0.25) is 0 Å². The molecule has 0 atom stereocenters. The first-order valence-electron chi connectivity index (χ1n) is 2.93. The van der Waals surface area contributed by atoms with Crippen LogP contribution in [0.25, 0.3) is 0 Å². The molecule has 4 heteroatoms. The number of rotatable bonds is 2. The van der Waals surface area contributed by atoms with Crippen LogP contribution in [0.15, 0.2) is 4.99 Å². The number of thioether (sulfide) groups is 2. The highest BCUT2D eigenvalue weighted by Gasteiger charge is 2.05. The Morgan fingerprint density at radius 2 is 2.67 bits per heavy atom. The van der Waals surface area contributed by atoms with E-state index in [0.29, 0.717) is 0 Å². The number of nitrogens with zero attached hydrogens (tertiary/aromatic N) is 1. The number of aliphatic imine (C=N–C) groups is 1. The highest BCUT2D eigenvalue weighted by atomic mass is 32.2. The average Bonchev–Trinajstić information content (AvgIpc) is 2.34. The molecule has 0 spiro atoms. The molecule has 1 aliphatic rings. The summed E-state index contributed by atoms with van der Waals surface area (Å²) < 4.78 is 1.22. The Balaban J connectivity index is 2.11. The normalized spacial score (nSPS) is 18.1. The van der Waals surface area contributed by atoms with E-state index in [1.54, 1.807) is 11.8 Å². The van der Waals surface area contributed by atoms with Crippen molar-refractivity contribution >= 4 is 27.9 Å². The summed E-state index contributed by atoms with van der Waals surface area (Å²) in [5.74, 6) is 2.17. The minimum Gasteiger partial charge on any atom is -0.330 e. The van der Waals surface area contributed by atoms with Gasteiger partial charge in [0, 0.05) is 18.1 Å². The van der Waals surface area contributed by atoms with E-state index in [9.17, 15) is 0 Å². The van der Waals surface area contributed by atoms with Crippen molar-refractivity contribution in [2.75, 3.05) is 24.6 Å². The third kappa shape index (κ3) is 2.60. The van der Waals surface area contributed by atoms with Crippen molar-refractivity contribution in [3.63, 3.8) is 0 Å². The molecular weight excluding hydrogens is 152 g/mol. The Morgan fingerprint density at radius 3 is 3.22 bits per heavy atom. The molecule has 0 aliphatic carbocycles. The van der Waals surface area contributed by atoms with Crippen LogP contribution in [0.5, 0.6) is 0 Å². The van der Waals surface area contributed by atoms with Gasteiger partial charge in [-0.1, -0.05) is 23.5 Å². The number of nitrogens with two attached hydrogens (primary N) is 1. The van der Waals surface area contributed by atoms with Crippen molar-refractivity contribution in [3.8, 4) is 0 Å². The third-order valence-electron chi connectivity index (χ3n) is 0.901. The Hall–Kier alpha value is 0.330. The predicted molar refractivity (Wildman–Crippen MR) is 46.3 cm³/mol. The van der Waals surface area contributed by atoms with Gasteiger partial charge in [0.2, 0.25) is 0 Å². The van der Waals surface area contributed by atoms with E-state index in [4.69, 9.17) is 5.73 Å². The van der Waals surface area contributed by atoms with E-state index in [2.05, 4.69) is 4.99 Å². The van der Waals surface area contributed by atoms with Crippen LogP contribution < -0.4 is 5.73 Å². The summed E-state index contributed by atoms with van der Waals surface area (Å²) in [5.41, 5.74) is 5.32. The standard InChI is InChI=1S/C5H10N2S2/c6-1-3-8-5-7-2-4-9-5/h1-4,6H2. The van der Waals surface area contributed by atoms with Crippen LogP contribution in [0.1, 0.15) is 0 Å². The maximum absolute atomic E-state index is 5.32. The molecule has 0 aromatic carbocycles. The fraction of sp³-hybridized carbons (Fsp3) is 0.800. The van der Waals surface area contributed by atoms with E-state index in [1.165, 1.54) is 4.38 Å². The first kappa shape index (κ1) is 7.44. The third-order valence-corrected chi connectivity index (χ3v) is 3.19. The summed E-state index contributed by atoms with van der Waals surface area (Å²) in [5, 5.41) is 0. The summed E-state index contributed by atoms with van der Waals surface area (Å²) in [7, 11) is 0. The molecule has 0 aromatic rings. The first-order chi connectivity index (χ1) is 4.43. The summed E-state index contributed by atoms with van der Waals surface area (Å²) in [6.07, 6.45) is 0. The predicted octanol–water partition coefficient (Wildman–Crippen LogP) is 0.781. The quantitative estimate of drug-likeness (QED) is 0.652. The zero-order valence-corrected chi connectivity index (χ0v) is 6.80. The molecule has 1 rings (SSSR count). The van der Waals surface area contributed by atoms with Gasteiger partial charge < -0.3 is 5.73 Å². The summed E-state index contributed by atoms with van der Waals surface area (Å²) in [6, 6.07) is 0.